The zero-order chi connectivity index (χ0) is 22.5. The number of para-hydroxylation sites is 1. The Kier molecular flexibility index (Phi) is 7.15. The highest BCUT2D eigenvalue weighted by Crippen LogP contribution is 2.43. The topological polar surface area (TPSA) is 111 Å². The average Bonchev–Trinajstić information content (AvgIpc) is 3.48. The summed E-state index contributed by atoms with van der Waals surface area (Å²) in [7, 11) is 5.00. The van der Waals surface area contributed by atoms with Crippen molar-refractivity contribution in [2.75, 3.05) is 31.9 Å². The van der Waals surface area contributed by atoms with Crippen LogP contribution in [-0.4, -0.2) is 47.6 Å². The first-order chi connectivity index (χ1) is 15.6. The number of nitrogens with zero attached hydrogens (tertiary/aromatic N) is 4. The van der Waals surface area contributed by atoms with Crippen molar-refractivity contribution in [3.63, 3.8) is 0 Å². The minimum Gasteiger partial charge on any atom is -0.493 e. The fraction of sp³-hybridized carbons (Fsp3) is 0.476. The van der Waals surface area contributed by atoms with E-state index in [-0.39, 0.29) is 12.3 Å². The largest absolute Gasteiger partial charge is 0.493 e. The Balaban J connectivity index is 1.39. The fourth-order valence-corrected chi connectivity index (χ4v) is 5.77. The molecule has 1 unspecified atom stereocenters. The monoisotopic (exact) mass is 474 g/mol. The number of carbonyl (C=O) groups is 1. The molecule has 9 nitrogen and oxygen atoms in total. The van der Waals surface area contributed by atoms with Gasteiger partial charge in [0.1, 0.15) is 10.0 Å². The number of aromatic nitrogens is 4. The second-order valence-electron chi connectivity index (χ2n) is 7.58. The van der Waals surface area contributed by atoms with Crippen molar-refractivity contribution < 1.29 is 14.3 Å². The van der Waals surface area contributed by atoms with E-state index in [0.29, 0.717) is 28.5 Å². The first-order valence-corrected chi connectivity index (χ1v) is 12.1. The van der Waals surface area contributed by atoms with Crippen molar-refractivity contribution in [3.8, 4) is 11.5 Å². The van der Waals surface area contributed by atoms with Crippen molar-refractivity contribution in [2.24, 2.45) is 0 Å². The van der Waals surface area contributed by atoms with Gasteiger partial charge in [0, 0.05) is 24.4 Å². The van der Waals surface area contributed by atoms with Gasteiger partial charge in [0.25, 0.3) is 0 Å². The number of benzene rings is 1. The van der Waals surface area contributed by atoms with Crippen molar-refractivity contribution in [3.05, 3.63) is 33.8 Å². The summed E-state index contributed by atoms with van der Waals surface area (Å²) >= 11 is 3.06. The van der Waals surface area contributed by atoms with E-state index < -0.39 is 0 Å². The van der Waals surface area contributed by atoms with Crippen LogP contribution in [0.3, 0.4) is 0 Å². The quantitative estimate of drug-likeness (QED) is 0.503. The van der Waals surface area contributed by atoms with Gasteiger partial charge in [-0.25, -0.2) is 0 Å². The van der Waals surface area contributed by atoms with E-state index in [0.717, 1.165) is 46.4 Å². The van der Waals surface area contributed by atoms with Gasteiger partial charge in [-0.3, -0.25) is 4.79 Å². The molecule has 4 rings (SSSR count). The van der Waals surface area contributed by atoms with E-state index in [9.17, 15) is 4.79 Å². The van der Waals surface area contributed by atoms with Crippen LogP contribution >= 0.6 is 22.7 Å². The number of hydrogen-bond acceptors (Lipinski definition) is 10. The van der Waals surface area contributed by atoms with Gasteiger partial charge in [0.05, 0.1) is 20.6 Å². The Labute approximate surface area is 194 Å². The Morgan fingerprint density at radius 2 is 1.72 bits per heavy atom. The highest BCUT2D eigenvalue weighted by atomic mass is 32.1. The Hall–Kier alpha value is -2.79. The molecule has 1 aliphatic carbocycles. The zero-order valence-electron chi connectivity index (χ0n) is 18.3. The summed E-state index contributed by atoms with van der Waals surface area (Å²) in [6.45, 7) is 0. The Morgan fingerprint density at radius 1 is 1.03 bits per heavy atom. The lowest BCUT2D eigenvalue weighted by Crippen LogP contribution is -2.15. The van der Waals surface area contributed by atoms with Gasteiger partial charge < -0.3 is 20.1 Å². The van der Waals surface area contributed by atoms with Crippen LogP contribution in [0.4, 0.5) is 10.3 Å². The molecule has 3 aromatic rings. The lowest BCUT2D eigenvalue weighted by atomic mass is 9.82. The van der Waals surface area contributed by atoms with Gasteiger partial charge >= 0.3 is 0 Å². The summed E-state index contributed by atoms with van der Waals surface area (Å²) in [5.41, 5.74) is 0.752. The summed E-state index contributed by atoms with van der Waals surface area (Å²) in [5.74, 6) is 1.69. The SMILES string of the molecule is CNc1nnc(C2CCC[C@H](c3nnc(NC(=O)Cc4cccc(OC)c4OC)s3)C2)s1. The van der Waals surface area contributed by atoms with Crippen LogP contribution in [0.15, 0.2) is 18.2 Å². The van der Waals surface area contributed by atoms with E-state index in [1.165, 1.54) is 11.3 Å². The van der Waals surface area contributed by atoms with E-state index in [2.05, 4.69) is 31.0 Å². The van der Waals surface area contributed by atoms with E-state index in [4.69, 9.17) is 9.47 Å². The van der Waals surface area contributed by atoms with Gasteiger partial charge in [-0.05, 0) is 25.3 Å². The molecule has 1 saturated carbocycles. The first-order valence-electron chi connectivity index (χ1n) is 10.5. The molecule has 0 radical (unpaired) electrons. The van der Waals surface area contributed by atoms with Gasteiger partial charge in [-0.1, -0.05) is 41.2 Å². The molecule has 0 saturated heterocycles. The van der Waals surface area contributed by atoms with Gasteiger partial charge in [-0.15, -0.1) is 20.4 Å². The van der Waals surface area contributed by atoms with E-state index in [1.807, 2.05) is 19.2 Å². The molecule has 1 aromatic carbocycles. The van der Waals surface area contributed by atoms with Crippen LogP contribution in [0.25, 0.3) is 0 Å². The van der Waals surface area contributed by atoms with Crippen molar-refractivity contribution in [1.82, 2.24) is 20.4 Å². The molecule has 32 heavy (non-hydrogen) atoms. The number of carbonyl (C=O) groups excluding carboxylic acids is 1. The van der Waals surface area contributed by atoms with Crippen LogP contribution in [0.1, 0.15) is 53.1 Å². The highest BCUT2D eigenvalue weighted by molar-refractivity contribution is 7.15. The molecule has 0 aliphatic heterocycles. The molecule has 2 heterocycles. The predicted octanol–water partition coefficient (Wildman–Crippen LogP) is 4.07. The minimum absolute atomic E-state index is 0.158. The summed E-state index contributed by atoms with van der Waals surface area (Å²) in [6.07, 6.45) is 4.42. The smallest absolute Gasteiger partial charge is 0.230 e. The van der Waals surface area contributed by atoms with Crippen LogP contribution in [0, 0.1) is 0 Å². The fourth-order valence-electron chi connectivity index (χ4n) is 4.02. The molecule has 11 heteroatoms. The number of rotatable bonds is 8. The van der Waals surface area contributed by atoms with Crippen LogP contribution in [0.2, 0.25) is 0 Å². The molecule has 2 atom stereocenters. The third kappa shape index (κ3) is 4.99. The van der Waals surface area contributed by atoms with Crippen molar-refractivity contribution in [2.45, 2.75) is 43.9 Å². The number of amides is 1. The standard InChI is InChI=1S/C21H26N6O3S2/c1-22-20-26-24-18(31-20)13-7-4-8-14(10-13)19-25-27-21(32-19)23-16(28)11-12-6-5-9-15(29-2)17(12)30-3/h5-6,9,13-14H,4,7-8,10-11H2,1-3H3,(H,22,26)(H,23,27,28)/t13?,14-/m0/s1. The summed E-state index contributed by atoms with van der Waals surface area (Å²) in [6, 6.07) is 5.49. The Morgan fingerprint density at radius 3 is 2.34 bits per heavy atom. The maximum Gasteiger partial charge on any atom is 0.230 e. The molecule has 0 bridgehead atoms. The zero-order valence-corrected chi connectivity index (χ0v) is 19.9. The molecule has 1 amide bonds. The van der Waals surface area contributed by atoms with Gasteiger partial charge in [0.2, 0.25) is 16.2 Å². The third-order valence-electron chi connectivity index (χ3n) is 5.55. The predicted molar refractivity (Wildman–Crippen MR) is 125 cm³/mol. The van der Waals surface area contributed by atoms with Crippen LogP contribution < -0.4 is 20.1 Å². The summed E-state index contributed by atoms with van der Waals surface area (Å²) < 4.78 is 10.7. The molecular formula is C21H26N6O3S2. The lowest BCUT2D eigenvalue weighted by molar-refractivity contribution is -0.115. The van der Waals surface area contributed by atoms with Crippen molar-refractivity contribution >= 4 is 38.8 Å². The molecule has 1 fully saturated rings. The number of methoxy groups -OCH3 is 2. The normalized spacial score (nSPS) is 18.2. The van der Waals surface area contributed by atoms with E-state index >= 15 is 0 Å². The van der Waals surface area contributed by atoms with Crippen LogP contribution in [-0.2, 0) is 11.2 Å². The third-order valence-corrected chi connectivity index (χ3v) is 7.65. The second-order valence-corrected chi connectivity index (χ2v) is 9.60. The summed E-state index contributed by atoms with van der Waals surface area (Å²) in [4.78, 5) is 12.6. The molecule has 170 valence electrons. The summed E-state index contributed by atoms with van der Waals surface area (Å²) in [5, 5.41) is 26.4. The average molecular weight is 475 g/mol. The number of ether oxygens (including phenoxy) is 2. The maximum absolute atomic E-state index is 12.6. The second kappa shape index (κ2) is 10.2. The van der Waals surface area contributed by atoms with Crippen LogP contribution in [0.5, 0.6) is 11.5 Å². The molecule has 2 aromatic heterocycles. The number of hydrogen-bond donors (Lipinski definition) is 2. The van der Waals surface area contributed by atoms with E-state index in [1.54, 1.807) is 31.6 Å². The number of nitrogens with one attached hydrogen (secondary N) is 2. The number of anilines is 2. The molecule has 0 spiro atoms. The highest BCUT2D eigenvalue weighted by Gasteiger charge is 2.29. The Bertz CT molecular complexity index is 1070. The van der Waals surface area contributed by atoms with Crippen molar-refractivity contribution in [1.29, 1.82) is 0 Å². The minimum atomic E-state index is -0.172. The van der Waals surface area contributed by atoms with Gasteiger partial charge in [-0.2, -0.15) is 0 Å². The molecule has 1 aliphatic rings. The van der Waals surface area contributed by atoms with Gasteiger partial charge in [0.15, 0.2) is 11.5 Å². The maximum atomic E-state index is 12.6. The molecular weight excluding hydrogens is 448 g/mol. The lowest BCUT2D eigenvalue weighted by Gasteiger charge is -2.25. The first kappa shape index (κ1) is 22.4. The molecule has 2 N–H and O–H groups in total.